The van der Waals surface area contributed by atoms with Crippen molar-refractivity contribution in [3.05, 3.63) is 65.7 Å². The number of carbonyl (C=O) groups excluding carboxylic acids is 1. The van der Waals surface area contributed by atoms with Gasteiger partial charge in [0.1, 0.15) is 0 Å². The van der Waals surface area contributed by atoms with Gasteiger partial charge in [-0.1, -0.05) is 36.4 Å². The van der Waals surface area contributed by atoms with Gasteiger partial charge in [0.15, 0.2) is 5.11 Å². The maximum atomic E-state index is 11.6. The second kappa shape index (κ2) is 7.40. The summed E-state index contributed by atoms with van der Waals surface area (Å²) in [5.74, 6) is -0.123. The van der Waals surface area contributed by atoms with E-state index >= 15 is 0 Å². The van der Waals surface area contributed by atoms with E-state index in [1.165, 1.54) is 0 Å². The van der Waals surface area contributed by atoms with E-state index in [1.807, 2.05) is 42.5 Å². The summed E-state index contributed by atoms with van der Waals surface area (Å²) < 4.78 is 0. The molecule has 3 N–H and O–H groups in total. The first kappa shape index (κ1) is 15.0. The molecule has 0 unspecified atom stereocenters. The highest BCUT2D eigenvalue weighted by Gasteiger charge is 2.04. The van der Waals surface area contributed by atoms with Crippen molar-refractivity contribution in [2.24, 2.45) is 0 Å². The summed E-state index contributed by atoms with van der Waals surface area (Å²) in [6.45, 7) is 0.655. The molecule has 2 rings (SSSR count). The number of benzene rings is 2. The Kier molecular flexibility index (Phi) is 5.29. The Labute approximate surface area is 129 Å². The molecular formula is C16H17N3OS. The lowest BCUT2D eigenvalue weighted by Gasteiger charge is -2.11. The van der Waals surface area contributed by atoms with Gasteiger partial charge < -0.3 is 16.0 Å². The third-order valence-corrected chi connectivity index (χ3v) is 3.15. The molecule has 5 heteroatoms. The highest BCUT2D eigenvalue weighted by molar-refractivity contribution is 7.80. The average molecular weight is 299 g/mol. The zero-order valence-corrected chi connectivity index (χ0v) is 12.5. The van der Waals surface area contributed by atoms with E-state index in [1.54, 1.807) is 19.2 Å². The zero-order valence-electron chi connectivity index (χ0n) is 11.7. The quantitative estimate of drug-likeness (QED) is 0.759. The van der Waals surface area contributed by atoms with Gasteiger partial charge in [-0.05, 0) is 36.0 Å². The van der Waals surface area contributed by atoms with Crippen molar-refractivity contribution in [2.75, 3.05) is 12.4 Å². The molecule has 0 saturated carbocycles. The maximum absolute atomic E-state index is 11.6. The van der Waals surface area contributed by atoms with Crippen LogP contribution < -0.4 is 16.0 Å². The van der Waals surface area contributed by atoms with Crippen LogP contribution in [-0.2, 0) is 6.54 Å². The monoisotopic (exact) mass is 299 g/mol. The molecule has 0 saturated heterocycles. The topological polar surface area (TPSA) is 53.2 Å². The molecule has 0 fully saturated rings. The van der Waals surface area contributed by atoms with E-state index in [4.69, 9.17) is 12.2 Å². The number of rotatable bonds is 4. The number of hydrogen-bond acceptors (Lipinski definition) is 2. The van der Waals surface area contributed by atoms with E-state index < -0.39 is 0 Å². The van der Waals surface area contributed by atoms with E-state index in [9.17, 15) is 4.79 Å². The first-order valence-electron chi connectivity index (χ1n) is 6.60. The van der Waals surface area contributed by atoms with Gasteiger partial charge in [0, 0.05) is 24.8 Å². The van der Waals surface area contributed by atoms with Gasteiger partial charge in [-0.2, -0.15) is 0 Å². The van der Waals surface area contributed by atoms with Crippen molar-refractivity contribution >= 4 is 28.9 Å². The summed E-state index contributed by atoms with van der Waals surface area (Å²) in [6, 6.07) is 17.2. The minimum Gasteiger partial charge on any atom is -0.358 e. The SMILES string of the molecule is CNC(=O)c1cccc(NC(=S)NCc2ccccc2)c1. The van der Waals surface area contributed by atoms with Crippen molar-refractivity contribution < 1.29 is 4.79 Å². The number of thiocarbonyl (C=S) groups is 1. The van der Waals surface area contributed by atoms with E-state index in [0.29, 0.717) is 17.2 Å². The Bertz CT molecular complexity index is 628. The van der Waals surface area contributed by atoms with Crippen LogP contribution in [0.25, 0.3) is 0 Å². The van der Waals surface area contributed by atoms with Gasteiger partial charge in [-0.15, -0.1) is 0 Å². The zero-order chi connectivity index (χ0) is 15.1. The predicted octanol–water partition coefficient (Wildman–Crippen LogP) is 2.53. The van der Waals surface area contributed by atoms with Gasteiger partial charge in [0.25, 0.3) is 5.91 Å². The second-order valence-corrected chi connectivity index (χ2v) is 4.86. The molecule has 2 aromatic rings. The Morgan fingerprint density at radius 2 is 1.86 bits per heavy atom. The third kappa shape index (κ3) is 4.57. The number of anilines is 1. The lowest BCUT2D eigenvalue weighted by molar-refractivity contribution is 0.0963. The Morgan fingerprint density at radius 3 is 2.57 bits per heavy atom. The molecule has 21 heavy (non-hydrogen) atoms. The van der Waals surface area contributed by atoms with Crippen LogP contribution in [0.3, 0.4) is 0 Å². The number of amides is 1. The van der Waals surface area contributed by atoms with Gasteiger partial charge in [-0.25, -0.2) is 0 Å². The largest absolute Gasteiger partial charge is 0.358 e. The highest BCUT2D eigenvalue weighted by atomic mass is 32.1. The molecule has 0 atom stereocenters. The fourth-order valence-electron chi connectivity index (χ4n) is 1.84. The van der Waals surface area contributed by atoms with Crippen molar-refractivity contribution in [3.8, 4) is 0 Å². The molecule has 1 amide bonds. The Hall–Kier alpha value is -2.40. The maximum Gasteiger partial charge on any atom is 0.251 e. The van der Waals surface area contributed by atoms with Crippen LogP contribution in [0.15, 0.2) is 54.6 Å². The van der Waals surface area contributed by atoms with Gasteiger partial charge >= 0.3 is 0 Å². The highest BCUT2D eigenvalue weighted by Crippen LogP contribution is 2.10. The number of hydrogen-bond donors (Lipinski definition) is 3. The molecule has 0 aliphatic carbocycles. The molecule has 0 spiro atoms. The van der Waals surface area contributed by atoms with E-state index in [2.05, 4.69) is 16.0 Å². The van der Waals surface area contributed by atoms with E-state index in [-0.39, 0.29) is 5.91 Å². The predicted molar refractivity (Wildman–Crippen MR) is 89.3 cm³/mol. The van der Waals surface area contributed by atoms with Crippen LogP contribution >= 0.6 is 12.2 Å². The number of carbonyl (C=O) groups is 1. The van der Waals surface area contributed by atoms with Crippen LogP contribution in [0.2, 0.25) is 0 Å². The number of nitrogens with one attached hydrogen (secondary N) is 3. The first-order valence-corrected chi connectivity index (χ1v) is 7.01. The van der Waals surface area contributed by atoms with Gasteiger partial charge in [-0.3, -0.25) is 4.79 Å². The molecule has 2 aromatic carbocycles. The van der Waals surface area contributed by atoms with Crippen LogP contribution in [0.4, 0.5) is 5.69 Å². The molecule has 0 aromatic heterocycles. The van der Waals surface area contributed by atoms with Crippen LogP contribution in [0.1, 0.15) is 15.9 Å². The van der Waals surface area contributed by atoms with Crippen molar-refractivity contribution in [1.29, 1.82) is 0 Å². The average Bonchev–Trinajstić information content (AvgIpc) is 2.53. The Balaban J connectivity index is 1.92. The molecule has 108 valence electrons. The van der Waals surface area contributed by atoms with Crippen LogP contribution in [-0.4, -0.2) is 18.1 Å². The van der Waals surface area contributed by atoms with Gasteiger partial charge in [0.05, 0.1) is 0 Å². The summed E-state index contributed by atoms with van der Waals surface area (Å²) in [6.07, 6.45) is 0. The lowest BCUT2D eigenvalue weighted by atomic mass is 10.2. The molecule has 0 aliphatic rings. The Morgan fingerprint density at radius 1 is 1.10 bits per heavy atom. The second-order valence-electron chi connectivity index (χ2n) is 4.45. The standard InChI is InChI=1S/C16H17N3OS/c1-17-15(20)13-8-5-9-14(10-13)19-16(21)18-11-12-6-3-2-4-7-12/h2-10H,11H2,1H3,(H,17,20)(H2,18,19,21). The van der Waals surface area contributed by atoms with Crippen LogP contribution in [0, 0.1) is 0 Å². The summed E-state index contributed by atoms with van der Waals surface area (Å²) in [5, 5.41) is 9.32. The lowest BCUT2D eigenvalue weighted by Crippen LogP contribution is -2.28. The summed E-state index contributed by atoms with van der Waals surface area (Å²) in [5.41, 5.74) is 2.52. The molecule has 4 nitrogen and oxygen atoms in total. The molecule has 0 radical (unpaired) electrons. The molecule has 0 heterocycles. The molecule has 0 aliphatic heterocycles. The smallest absolute Gasteiger partial charge is 0.251 e. The summed E-state index contributed by atoms with van der Waals surface area (Å²) >= 11 is 5.25. The van der Waals surface area contributed by atoms with Crippen molar-refractivity contribution in [3.63, 3.8) is 0 Å². The first-order chi connectivity index (χ1) is 10.2. The van der Waals surface area contributed by atoms with Gasteiger partial charge in [0.2, 0.25) is 0 Å². The van der Waals surface area contributed by atoms with Crippen LogP contribution in [0.5, 0.6) is 0 Å². The minimum atomic E-state index is -0.123. The fraction of sp³-hybridized carbons (Fsp3) is 0.125. The van der Waals surface area contributed by atoms with Crippen molar-refractivity contribution in [1.82, 2.24) is 10.6 Å². The normalized spacial score (nSPS) is 9.76. The fourth-order valence-corrected chi connectivity index (χ4v) is 2.03. The summed E-state index contributed by atoms with van der Waals surface area (Å²) in [4.78, 5) is 11.6. The minimum absolute atomic E-state index is 0.123. The molecular weight excluding hydrogens is 282 g/mol. The van der Waals surface area contributed by atoms with E-state index in [0.717, 1.165) is 11.3 Å². The van der Waals surface area contributed by atoms with Crippen molar-refractivity contribution in [2.45, 2.75) is 6.54 Å². The molecule has 0 bridgehead atoms. The third-order valence-electron chi connectivity index (χ3n) is 2.91. The summed E-state index contributed by atoms with van der Waals surface area (Å²) in [7, 11) is 1.61.